The lowest BCUT2D eigenvalue weighted by molar-refractivity contribution is -0.141. The van der Waals surface area contributed by atoms with Gasteiger partial charge in [-0.25, -0.2) is 18.2 Å². The van der Waals surface area contributed by atoms with E-state index >= 15 is 0 Å². The number of benzene rings is 1. The van der Waals surface area contributed by atoms with Crippen molar-refractivity contribution in [3.63, 3.8) is 0 Å². The summed E-state index contributed by atoms with van der Waals surface area (Å²) in [5.41, 5.74) is 0.277. The van der Waals surface area contributed by atoms with Gasteiger partial charge in [-0.15, -0.1) is 0 Å². The lowest BCUT2D eigenvalue weighted by Crippen LogP contribution is -2.58. The first kappa shape index (κ1) is 38.5. The number of allylic oxidation sites excluding steroid dienone is 1. The first-order valence-electron chi connectivity index (χ1n) is 20.2. The van der Waals surface area contributed by atoms with Crippen molar-refractivity contribution in [2.75, 3.05) is 13.7 Å². The van der Waals surface area contributed by atoms with Crippen LogP contribution in [0.25, 0.3) is 10.9 Å². The fourth-order valence-corrected chi connectivity index (χ4v) is 10.00. The van der Waals surface area contributed by atoms with E-state index in [1.807, 2.05) is 30.4 Å². The molecule has 1 spiro atoms. The van der Waals surface area contributed by atoms with Crippen LogP contribution in [0.3, 0.4) is 0 Å². The van der Waals surface area contributed by atoms with E-state index in [1.54, 1.807) is 27.9 Å². The van der Waals surface area contributed by atoms with Gasteiger partial charge in [0.2, 0.25) is 21.8 Å². The maximum atomic E-state index is 14.8. The molecule has 0 bridgehead atoms. The molecule has 14 nitrogen and oxygen atoms in total. The number of amides is 4. The normalized spacial score (nSPS) is 30.4. The van der Waals surface area contributed by atoms with Crippen molar-refractivity contribution in [1.82, 2.24) is 25.2 Å². The summed E-state index contributed by atoms with van der Waals surface area (Å²) in [6.07, 6.45) is 10.3. The van der Waals surface area contributed by atoms with Gasteiger partial charge in [0.25, 0.3) is 5.91 Å². The van der Waals surface area contributed by atoms with E-state index in [9.17, 15) is 27.6 Å². The first-order valence-corrected chi connectivity index (χ1v) is 21.7. The summed E-state index contributed by atoms with van der Waals surface area (Å²) in [5.74, 6) is -0.576. The number of carbonyl (C=O) groups is 4. The van der Waals surface area contributed by atoms with Crippen LogP contribution in [0.2, 0.25) is 0 Å². The largest absolute Gasteiger partial charge is 0.497 e. The zero-order valence-electron chi connectivity index (χ0n) is 32.6. The number of pyridine rings is 1. The molecule has 0 radical (unpaired) electrons. The van der Waals surface area contributed by atoms with E-state index in [-0.39, 0.29) is 25.3 Å². The molecule has 4 amide bonds. The third kappa shape index (κ3) is 7.20. The van der Waals surface area contributed by atoms with Crippen LogP contribution in [-0.2, 0) is 35.6 Å². The van der Waals surface area contributed by atoms with E-state index < -0.39 is 73.8 Å². The zero-order valence-corrected chi connectivity index (χ0v) is 33.5. The molecule has 4 fully saturated rings. The van der Waals surface area contributed by atoms with Crippen LogP contribution in [0, 0.1) is 5.92 Å². The average Bonchev–Trinajstić information content (AvgIpc) is 4.09. The smallest absolute Gasteiger partial charge is 0.408 e. The minimum absolute atomic E-state index is 0.0658. The Labute approximate surface area is 327 Å². The quantitative estimate of drug-likeness (QED) is 0.333. The lowest BCUT2D eigenvalue weighted by atomic mass is 9.86. The molecule has 15 heteroatoms. The van der Waals surface area contributed by atoms with Crippen LogP contribution in [-0.4, -0.2) is 89.8 Å². The molecule has 3 N–H and O–H groups in total. The number of nitrogens with one attached hydrogen (secondary N) is 3. The van der Waals surface area contributed by atoms with Crippen molar-refractivity contribution in [3.8, 4) is 11.5 Å². The minimum atomic E-state index is -3.99. The molecule has 2 aromatic rings. The molecule has 5 atom stereocenters. The number of nitrogens with zero attached hydrogens (tertiary/aromatic N) is 2. The maximum Gasteiger partial charge on any atom is 0.408 e. The van der Waals surface area contributed by atoms with Gasteiger partial charge in [0.05, 0.1) is 35.7 Å². The highest BCUT2D eigenvalue weighted by molar-refractivity contribution is 7.91. The van der Waals surface area contributed by atoms with E-state index in [2.05, 4.69) is 15.4 Å². The number of rotatable bonds is 7. The van der Waals surface area contributed by atoms with Crippen LogP contribution in [0.15, 0.2) is 30.4 Å². The summed E-state index contributed by atoms with van der Waals surface area (Å²) >= 11 is 0. The Morgan fingerprint density at radius 2 is 1.86 bits per heavy atom. The molecule has 3 aliphatic carbocycles. The molecular weight excluding hydrogens is 739 g/mol. The number of aryl methyl sites for hydroxylation is 1. The van der Waals surface area contributed by atoms with Gasteiger partial charge in [-0.1, -0.05) is 25.0 Å². The van der Waals surface area contributed by atoms with Crippen LogP contribution >= 0.6 is 0 Å². The second kappa shape index (κ2) is 14.2. The topological polar surface area (TPSA) is 182 Å². The van der Waals surface area contributed by atoms with Gasteiger partial charge in [0, 0.05) is 29.2 Å². The molecule has 4 heterocycles. The summed E-state index contributed by atoms with van der Waals surface area (Å²) < 4.78 is 45.7. The standard InChI is InChI=1S/C41H53N5O9S/c1-24(2)54-38(50)43-31-11-9-7-5-6-8-10-26-21-41(26,37(49)45-56(51,52)39(3)18-19-39)44-35(47)32-22-40(23-46(32)36(31)48)17-16-28-29-20-27(53-4)14-15-30(29)42-33(25-12-13-25)34(28)55-40/h8,10,14-15,20,24-26,31-32H,5-7,9,11-13,16-19,21-23H2,1-4H3,(H,43,50)(H,44,47)(H,45,49)/b10-8-/t26-,31+,32+,40-,41?/m1/s1. The van der Waals surface area contributed by atoms with Crippen LogP contribution in [0.1, 0.15) is 115 Å². The van der Waals surface area contributed by atoms with Crippen molar-refractivity contribution < 1.29 is 41.8 Å². The molecule has 302 valence electrons. The molecule has 1 aromatic carbocycles. The second-order valence-corrected chi connectivity index (χ2v) is 19.5. The van der Waals surface area contributed by atoms with Crippen molar-refractivity contribution >= 4 is 44.7 Å². The third-order valence-corrected chi connectivity index (χ3v) is 14.8. The SMILES string of the molecule is COc1ccc2nc(C3CC3)c3c(c2c1)CC[C@]1(C[C@H]2C(=O)NC4(C(=O)NS(=O)(=O)C5(C)CC5)C[C@H]4/C=C\CCCCC[C@H](NC(=O)OC(C)C)C(=O)N2C1)O3. The number of methoxy groups -OCH3 is 1. The van der Waals surface area contributed by atoms with E-state index in [4.69, 9.17) is 19.2 Å². The maximum absolute atomic E-state index is 14.8. The fraction of sp³-hybridized carbons (Fsp3) is 0.634. The number of hydrogen-bond donors (Lipinski definition) is 3. The summed E-state index contributed by atoms with van der Waals surface area (Å²) in [6.45, 7) is 5.13. The monoisotopic (exact) mass is 791 g/mol. The molecule has 1 saturated heterocycles. The second-order valence-electron chi connectivity index (χ2n) is 17.3. The Hall–Kier alpha value is -4.40. The predicted octanol–water partition coefficient (Wildman–Crippen LogP) is 4.68. The highest BCUT2D eigenvalue weighted by atomic mass is 32.2. The molecule has 56 heavy (non-hydrogen) atoms. The molecule has 3 aliphatic heterocycles. The molecule has 1 unspecified atom stereocenters. The Bertz CT molecular complexity index is 2100. The third-order valence-electron chi connectivity index (χ3n) is 12.6. The van der Waals surface area contributed by atoms with Gasteiger partial charge in [0.15, 0.2) is 0 Å². The van der Waals surface area contributed by atoms with Crippen LogP contribution in [0.5, 0.6) is 11.5 Å². The number of sulfonamides is 1. The molecular formula is C41H53N5O9S. The summed E-state index contributed by atoms with van der Waals surface area (Å²) in [4.78, 5) is 63.0. The van der Waals surface area contributed by atoms with Gasteiger partial charge in [-0.3, -0.25) is 19.1 Å². The minimum Gasteiger partial charge on any atom is -0.497 e. The molecule has 6 aliphatic rings. The van der Waals surface area contributed by atoms with Gasteiger partial charge in [-0.05, 0) is 103 Å². The van der Waals surface area contributed by atoms with Crippen LogP contribution in [0.4, 0.5) is 4.79 Å². The Kier molecular flexibility index (Phi) is 9.76. The Morgan fingerprint density at radius 1 is 1.07 bits per heavy atom. The number of aromatic nitrogens is 1. The van der Waals surface area contributed by atoms with E-state index in [1.165, 1.54) is 4.90 Å². The van der Waals surface area contributed by atoms with Crippen molar-refractivity contribution in [1.29, 1.82) is 0 Å². The van der Waals surface area contributed by atoms with Crippen molar-refractivity contribution in [3.05, 3.63) is 41.6 Å². The zero-order chi connectivity index (χ0) is 39.6. The highest BCUT2D eigenvalue weighted by Gasteiger charge is 2.64. The number of carbonyl (C=O) groups excluding carboxylic acids is 4. The van der Waals surface area contributed by atoms with Crippen molar-refractivity contribution in [2.24, 2.45) is 5.92 Å². The number of fused-ring (bicyclic) bond motifs is 5. The summed E-state index contributed by atoms with van der Waals surface area (Å²) in [7, 11) is -2.36. The Balaban J connectivity index is 1.15. The first-order chi connectivity index (χ1) is 26.7. The van der Waals surface area contributed by atoms with Crippen molar-refractivity contribution in [2.45, 2.75) is 144 Å². The lowest BCUT2D eigenvalue weighted by Gasteiger charge is -2.37. The number of ether oxygens (including phenoxy) is 3. The Morgan fingerprint density at radius 3 is 2.57 bits per heavy atom. The molecule has 1 aromatic heterocycles. The van der Waals surface area contributed by atoms with Gasteiger partial charge >= 0.3 is 6.09 Å². The predicted molar refractivity (Wildman–Crippen MR) is 207 cm³/mol. The molecule has 8 rings (SSSR count). The highest BCUT2D eigenvalue weighted by Crippen LogP contribution is 2.52. The fourth-order valence-electron chi connectivity index (χ4n) is 8.69. The summed E-state index contributed by atoms with van der Waals surface area (Å²) in [5, 5.41) is 6.69. The van der Waals surface area contributed by atoms with Crippen LogP contribution < -0.4 is 24.8 Å². The van der Waals surface area contributed by atoms with Gasteiger partial charge in [-0.2, -0.15) is 0 Å². The number of hydrogen-bond acceptors (Lipinski definition) is 10. The molecule has 3 saturated carbocycles. The van der Waals surface area contributed by atoms with Gasteiger partial charge < -0.3 is 29.7 Å². The average molecular weight is 792 g/mol. The van der Waals surface area contributed by atoms with Gasteiger partial charge in [0.1, 0.15) is 34.7 Å². The van der Waals surface area contributed by atoms with E-state index in [0.717, 1.165) is 47.8 Å². The summed E-state index contributed by atoms with van der Waals surface area (Å²) in [6, 6.07) is 3.77. The van der Waals surface area contributed by atoms with E-state index in [0.29, 0.717) is 56.4 Å². The number of alkyl carbamates (subject to hydrolysis) is 1.